The molecular formula is C22H26O4. The summed E-state index contributed by atoms with van der Waals surface area (Å²) in [6.07, 6.45) is 4.42. The molecule has 26 heavy (non-hydrogen) atoms. The lowest BCUT2D eigenvalue weighted by Crippen LogP contribution is -2.17. The summed E-state index contributed by atoms with van der Waals surface area (Å²) in [5.41, 5.74) is 2.12. The fourth-order valence-corrected chi connectivity index (χ4v) is 2.74. The Morgan fingerprint density at radius 2 is 1.69 bits per heavy atom. The number of carboxylic acids is 1. The molecular weight excluding hydrogens is 328 g/mol. The van der Waals surface area contributed by atoms with Crippen molar-refractivity contribution in [3.05, 3.63) is 83.9 Å². The van der Waals surface area contributed by atoms with E-state index in [1.165, 1.54) is 0 Å². The predicted molar refractivity (Wildman–Crippen MR) is 102 cm³/mol. The van der Waals surface area contributed by atoms with E-state index >= 15 is 0 Å². The van der Waals surface area contributed by atoms with Crippen molar-refractivity contribution in [3.8, 4) is 0 Å². The molecule has 2 aromatic rings. The SMILES string of the molecule is CO[C@H](C[C@H](C/C=C\COCc1ccccc1)C(=O)O)c1ccccc1. The van der Waals surface area contributed by atoms with E-state index in [2.05, 4.69) is 0 Å². The van der Waals surface area contributed by atoms with Crippen molar-refractivity contribution in [1.82, 2.24) is 0 Å². The van der Waals surface area contributed by atoms with Crippen LogP contribution in [0.4, 0.5) is 0 Å². The molecule has 138 valence electrons. The fraction of sp³-hybridized carbons (Fsp3) is 0.318. The summed E-state index contributed by atoms with van der Waals surface area (Å²) in [5, 5.41) is 9.50. The molecule has 0 spiro atoms. The van der Waals surface area contributed by atoms with Gasteiger partial charge in [0.2, 0.25) is 0 Å². The minimum atomic E-state index is -0.808. The first kappa shape index (κ1) is 19.9. The van der Waals surface area contributed by atoms with E-state index in [1.807, 2.05) is 72.8 Å². The zero-order valence-electron chi connectivity index (χ0n) is 15.1. The third kappa shape index (κ3) is 6.82. The zero-order valence-corrected chi connectivity index (χ0v) is 15.1. The highest BCUT2D eigenvalue weighted by molar-refractivity contribution is 5.70. The molecule has 0 aliphatic rings. The van der Waals surface area contributed by atoms with Crippen molar-refractivity contribution < 1.29 is 19.4 Å². The Morgan fingerprint density at radius 3 is 2.31 bits per heavy atom. The van der Waals surface area contributed by atoms with Gasteiger partial charge in [0.15, 0.2) is 0 Å². The number of hydrogen-bond acceptors (Lipinski definition) is 3. The van der Waals surface area contributed by atoms with E-state index in [-0.39, 0.29) is 6.10 Å². The number of ether oxygens (including phenoxy) is 2. The summed E-state index contributed by atoms with van der Waals surface area (Å²) >= 11 is 0. The zero-order chi connectivity index (χ0) is 18.6. The van der Waals surface area contributed by atoms with Crippen molar-refractivity contribution in [1.29, 1.82) is 0 Å². The Balaban J connectivity index is 1.79. The van der Waals surface area contributed by atoms with Crippen molar-refractivity contribution in [3.63, 3.8) is 0 Å². The number of benzene rings is 2. The van der Waals surface area contributed by atoms with Crippen LogP contribution < -0.4 is 0 Å². The molecule has 0 aliphatic heterocycles. The molecule has 0 aliphatic carbocycles. The first-order chi connectivity index (χ1) is 12.7. The van der Waals surface area contributed by atoms with Crippen molar-refractivity contribution in [2.45, 2.75) is 25.6 Å². The van der Waals surface area contributed by atoms with Gasteiger partial charge in [0.1, 0.15) is 0 Å². The maximum atomic E-state index is 11.6. The van der Waals surface area contributed by atoms with Crippen LogP contribution in [0.25, 0.3) is 0 Å². The second-order valence-electron chi connectivity index (χ2n) is 6.11. The summed E-state index contributed by atoms with van der Waals surface area (Å²) in [4.78, 5) is 11.6. The predicted octanol–water partition coefficient (Wildman–Crippen LogP) is 4.63. The van der Waals surface area contributed by atoms with Crippen LogP contribution >= 0.6 is 0 Å². The van der Waals surface area contributed by atoms with Crippen LogP contribution in [0.2, 0.25) is 0 Å². The van der Waals surface area contributed by atoms with Crippen molar-refractivity contribution >= 4 is 5.97 Å². The average molecular weight is 354 g/mol. The highest BCUT2D eigenvalue weighted by Crippen LogP contribution is 2.26. The molecule has 0 saturated heterocycles. The topological polar surface area (TPSA) is 55.8 Å². The van der Waals surface area contributed by atoms with E-state index in [0.717, 1.165) is 11.1 Å². The highest BCUT2D eigenvalue weighted by Gasteiger charge is 2.22. The quantitative estimate of drug-likeness (QED) is 0.472. The van der Waals surface area contributed by atoms with Crippen LogP contribution in [0.1, 0.15) is 30.1 Å². The van der Waals surface area contributed by atoms with Crippen LogP contribution in [0, 0.1) is 5.92 Å². The maximum absolute atomic E-state index is 11.6. The van der Waals surface area contributed by atoms with Crippen LogP contribution in [0.15, 0.2) is 72.8 Å². The maximum Gasteiger partial charge on any atom is 0.306 e. The number of methoxy groups -OCH3 is 1. The second-order valence-corrected chi connectivity index (χ2v) is 6.11. The number of aliphatic carboxylic acids is 1. The van der Waals surface area contributed by atoms with Gasteiger partial charge in [-0.3, -0.25) is 4.79 Å². The monoisotopic (exact) mass is 354 g/mol. The number of carboxylic acid groups (broad SMARTS) is 1. The van der Waals surface area contributed by atoms with Gasteiger partial charge >= 0.3 is 5.97 Å². The van der Waals surface area contributed by atoms with Gasteiger partial charge in [0.05, 0.1) is 25.2 Å². The Bertz CT molecular complexity index is 667. The van der Waals surface area contributed by atoms with Gasteiger partial charge in [-0.15, -0.1) is 0 Å². The van der Waals surface area contributed by atoms with E-state index in [1.54, 1.807) is 7.11 Å². The molecule has 2 rings (SSSR count). The Hall–Kier alpha value is -2.43. The van der Waals surface area contributed by atoms with Crippen molar-refractivity contribution in [2.24, 2.45) is 5.92 Å². The molecule has 0 amide bonds. The minimum Gasteiger partial charge on any atom is -0.481 e. The molecule has 0 fully saturated rings. The van der Waals surface area contributed by atoms with E-state index in [9.17, 15) is 9.90 Å². The molecule has 0 heterocycles. The normalized spacial score (nSPS) is 13.6. The van der Waals surface area contributed by atoms with Gasteiger partial charge in [0.25, 0.3) is 0 Å². The van der Waals surface area contributed by atoms with Crippen LogP contribution in [0.3, 0.4) is 0 Å². The van der Waals surface area contributed by atoms with E-state index < -0.39 is 11.9 Å². The summed E-state index contributed by atoms with van der Waals surface area (Å²) in [6, 6.07) is 19.7. The van der Waals surface area contributed by atoms with Gasteiger partial charge in [0, 0.05) is 7.11 Å². The Labute approximate surface area is 155 Å². The summed E-state index contributed by atoms with van der Waals surface area (Å²) in [6.45, 7) is 1.01. The van der Waals surface area contributed by atoms with Gasteiger partial charge in [-0.05, 0) is 24.0 Å². The first-order valence-corrected chi connectivity index (χ1v) is 8.78. The van der Waals surface area contributed by atoms with Crippen LogP contribution in [-0.4, -0.2) is 24.8 Å². The molecule has 2 atom stereocenters. The molecule has 0 saturated carbocycles. The third-order valence-corrected chi connectivity index (χ3v) is 4.22. The van der Waals surface area contributed by atoms with Gasteiger partial charge in [-0.1, -0.05) is 72.8 Å². The molecule has 0 unspecified atom stereocenters. The highest BCUT2D eigenvalue weighted by atomic mass is 16.5. The summed E-state index contributed by atoms with van der Waals surface area (Å²) in [7, 11) is 1.61. The van der Waals surface area contributed by atoms with E-state index in [4.69, 9.17) is 9.47 Å². The van der Waals surface area contributed by atoms with Gasteiger partial charge in [-0.2, -0.15) is 0 Å². The lowest BCUT2D eigenvalue weighted by Gasteiger charge is -2.19. The fourth-order valence-electron chi connectivity index (χ4n) is 2.74. The van der Waals surface area contributed by atoms with Crippen LogP contribution in [0.5, 0.6) is 0 Å². The molecule has 4 heteroatoms. The Morgan fingerprint density at radius 1 is 1.04 bits per heavy atom. The number of hydrogen-bond donors (Lipinski definition) is 1. The molecule has 0 bridgehead atoms. The third-order valence-electron chi connectivity index (χ3n) is 4.22. The summed E-state index contributed by atoms with van der Waals surface area (Å²) < 4.78 is 11.1. The first-order valence-electron chi connectivity index (χ1n) is 8.78. The number of carbonyl (C=O) groups is 1. The number of rotatable bonds is 11. The molecule has 2 aromatic carbocycles. The lowest BCUT2D eigenvalue weighted by atomic mass is 9.94. The van der Waals surface area contributed by atoms with E-state index in [0.29, 0.717) is 26.1 Å². The lowest BCUT2D eigenvalue weighted by molar-refractivity contribution is -0.143. The standard InChI is InChI=1S/C22H26O4/c1-25-21(19-12-6-3-7-13-19)16-20(22(23)24)14-8-9-15-26-17-18-10-4-2-5-11-18/h2-13,20-21H,14-17H2,1H3,(H,23,24)/b9-8-/t20-,21+/m0/s1. The number of allylic oxidation sites excluding steroid dienone is 1. The van der Waals surface area contributed by atoms with Gasteiger partial charge in [-0.25, -0.2) is 0 Å². The van der Waals surface area contributed by atoms with Crippen molar-refractivity contribution in [2.75, 3.05) is 13.7 Å². The summed E-state index contributed by atoms with van der Waals surface area (Å²) in [5.74, 6) is -1.30. The molecule has 4 nitrogen and oxygen atoms in total. The smallest absolute Gasteiger partial charge is 0.306 e. The largest absolute Gasteiger partial charge is 0.481 e. The molecule has 0 aromatic heterocycles. The minimum absolute atomic E-state index is 0.222. The van der Waals surface area contributed by atoms with Gasteiger partial charge < -0.3 is 14.6 Å². The average Bonchev–Trinajstić information content (AvgIpc) is 2.68. The Kier molecular flexibility index (Phi) is 8.60. The molecule has 1 N–H and O–H groups in total. The van der Waals surface area contributed by atoms with Crippen LogP contribution in [-0.2, 0) is 20.9 Å². The second kappa shape index (κ2) is 11.2. The molecule has 0 radical (unpaired) electrons.